The second kappa shape index (κ2) is 8.39. The van der Waals surface area contributed by atoms with Gasteiger partial charge in [-0.25, -0.2) is 4.98 Å². The first-order valence-electron chi connectivity index (χ1n) is 9.33. The molecule has 146 valence electrons. The Morgan fingerprint density at radius 1 is 1.03 bits per heavy atom. The predicted molar refractivity (Wildman–Crippen MR) is 113 cm³/mol. The molecule has 8 heteroatoms. The molecule has 29 heavy (non-hydrogen) atoms. The van der Waals surface area contributed by atoms with Gasteiger partial charge in [0.15, 0.2) is 0 Å². The van der Waals surface area contributed by atoms with E-state index in [1.807, 2.05) is 30.3 Å². The number of H-pyrrole nitrogens is 1. The lowest BCUT2D eigenvalue weighted by Crippen LogP contribution is -2.25. The van der Waals surface area contributed by atoms with Crippen LogP contribution < -0.4 is 16.4 Å². The molecule has 4 aromatic rings. The number of carbonyl (C=O) groups is 1. The van der Waals surface area contributed by atoms with Gasteiger partial charge in [0.1, 0.15) is 5.82 Å². The quantitative estimate of drug-likeness (QED) is 0.362. The Balaban J connectivity index is 1.38. The van der Waals surface area contributed by atoms with Crippen molar-refractivity contribution in [2.45, 2.75) is 6.42 Å². The number of hydrogen-bond acceptors (Lipinski definition) is 6. The molecule has 3 heterocycles. The van der Waals surface area contributed by atoms with Crippen molar-refractivity contribution in [3.63, 3.8) is 0 Å². The molecule has 1 amide bonds. The van der Waals surface area contributed by atoms with Gasteiger partial charge >= 0.3 is 0 Å². The first kappa shape index (κ1) is 18.4. The number of carbonyl (C=O) groups excluding carboxylic acids is 1. The van der Waals surface area contributed by atoms with Crippen molar-refractivity contribution in [3.8, 4) is 11.3 Å². The lowest BCUT2D eigenvalue weighted by Gasteiger charge is -2.12. The molecule has 0 aliphatic heterocycles. The minimum Gasteiger partial charge on any atom is -0.384 e. The van der Waals surface area contributed by atoms with Crippen molar-refractivity contribution in [1.82, 2.24) is 25.5 Å². The summed E-state index contributed by atoms with van der Waals surface area (Å²) in [4.78, 5) is 20.4. The number of aromatic amines is 1. The number of nitrogens with one attached hydrogen (secondary N) is 3. The molecular weight excluding hydrogens is 366 g/mol. The molecule has 0 atom stereocenters. The van der Waals surface area contributed by atoms with Gasteiger partial charge in [0.2, 0.25) is 0 Å². The van der Waals surface area contributed by atoms with Crippen LogP contribution in [0.2, 0.25) is 0 Å². The summed E-state index contributed by atoms with van der Waals surface area (Å²) in [6.07, 6.45) is 5.69. The summed E-state index contributed by atoms with van der Waals surface area (Å²) in [6, 6.07) is 13.1. The van der Waals surface area contributed by atoms with Gasteiger partial charge in [-0.2, -0.15) is 5.10 Å². The van der Waals surface area contributed by atoms with Crippen LogP contribution in [0.3, 0.4) is 0 Å². The fraction of sp³-hybridized carbons (Fsp3) is 0.143. The van der Waals surface area contributed by atoms with Crippen LogP contribution in [0.15, 0.2) is 61.1 Å². The van der Waals surface area contributed by atoms with Crippen LogP contribution in [-0.4, -0.2) is 39.2 Å². The fourth-order valence-electron chi connectivity index (χ4n) is 3.10. The maximum Gasteiger partial charge on any atom is 0.251 e. The molecule has 0 saturated heterocycles. The third kappa shape index (κ3) is 4.32. The van der Waals surface area contributed by atoms with Crippen molar-refractivity contribution in [2.75, 3.05) is 24.1 Å². The molecule has 0 saturated carbocycles. The number of pyridine rings is 2. The number of rotatable bonds is 7. The summed E-state index contributed by atoms with van der Waals surface area (Å²) < 4.78 is 0. The van der Waals surface area contributed by atoms with E-state index in [1.54, 1.807) is 30.7 Å². The zero-order chi connectivity index (χ0) is 20.1. The summed E-state index contributed by atoms with van der Waals surface area (Å²) in [7, 11) is 0. The summed E-state index contributed by atoms with van der Waals surface area (Å²) in [5.41, 5.74) is 10.3. The smallest absolute Gasteiger partial charge is 0.251 e. The van der Waals surface area contributed by atoms with E-state index in [1.165, 1.54) is 0 Å². The highest BCUT2D eigenvalue weighted by Gasteiger charge is 2.08. The number of fused-ring (bicyclic) bond motifs is 1. The second-order valence-corrected chi connectivity index (χ2v) is 6.57. The highest BCUT2D eigenvalue weighted by molar-refractivity contribution is 5.95. The summed E-state index contributed by atoms with van der Waals surface area (Å²) in [5.74, 6) is 0.352. The first-order valence-corrected chi connectivity index (χ1v) is 9.33. The molecule has 0 radical (unpaired) electrons. The van der Waals surface area contributed by atoms with E-state index in [0.717, 1.165) is 34.3 Å². The zero-order valence-corrected chi connectivity index (χ0v) is 15.7. The molecule has 5 N–H and O–H groups in total. The number of nitrogens with zero attached hydrogens (tertiary/aromatic N) is 3. The number of amides is 1. The van der Waals surface area contributed by atoms with Crippen LogP contribution in [0.25, 0.3) is 22.2 Å². The number of nitrogen functional groups attached to an aromatic ring is 1. The van der Waals surface area contributed by atoms with Gasteiger partial charge in [0.25, 0.3) is 5.91 Å². The van der Waals surface area contributed by atoms with E-state index in [0.29, 0.717) is 24.5 Å². The van der Waals surface area contributed by atoms with Gasteiger partial charge in [0, 0.05) is 59.9 Å². The van der Waals surface area contributed by atoms with Gasteiger partial charge in [-0.15, -0.1) is 0 Å². The molecule has 3 aromatic heterocycles. The van der Waals surface area contributed by atoms with Gasteiger partial charge in [-0.1, -0.05) is 12.1 Å². The normalized spacial score (nSPS) is 10.8. The molecule has 0 bridgehead atoms. The van der Waals surface area contributed by atoms with Gasteiger partial charge in [-0.05, 0) is 30.7 Å². The monoisotopic (exact) mass is 387 g/mol. The minimum absolute atomic E-state index is 0.0997. The van der Waals surface area contributed by atoms with Crippen LogP contribution in [-0.2, 0) is 0 Å². The predicted octanol–water partition coefficient (Wildman–Crippen LogP) is 2.83. The van der Waals surface area contributed by atoms with E-state index in [4.69, 9.17) is 5.73 Å². The Bertz CT molecular complexity index is 1110. The maximum atomic E-state index is 12.0. The van der Waals surface area contributed by atoms with Crippen molar-refractivity contribution < 1.29 is 4.79 Å². The SMILES string of the molecule is Nc1cc(NCCCNC(=O)c2ccncc2)c2ccc(-c3ccn[nH]3)cc2n1. The largest absolute Gasteiger partial charge is 0.384 e. The second-order valence-electron chi connectivity index (χ2n) is 6.57. The Morgan fingerprint density at radius 2 is 1.90 bits per heavy atom. The summed E-state index contributed by atoms with van der Waals surface area (Å²) in [5, 5.41) is 14.2. The molecule has 0 spiro atoms. The first-order chi connectivity index (χ1) is 14.2. The van der Waals surface area contributed by atoms with E-state index < -0.39 is 0 Å². The molecule has 0 fully saturated rings. The Morgan fingerprint density at radius 3 is 2.69 bits per heavy atom. The molecule has 0 aliphatic rings. The Kier molecular flexibility index (Phi) is 5.33. The summed E-state index contributed by atoms with van der Waals surface area (Å²) in [6.45, 7) is 1.26. The number of aromatic nitrogens is 4. The fourth-order valence-corrected chi connectivity index (χ4v) is 3.10. The number of nitrogens with two attached hydrogens (primary N) is 1. The molecule has 4 rings (SSSR count). The van der Waals surface area contributed by atoms with Gasteiger partial charge in [0.05, 0.1) is 11.2 Å². The van der Waals surface area contributed by atoms with Gasteiger partial charge in [-0.3, -0.25) is 14.9 Å². The van der Waals surface area contributed by atoms with Crippen LogP contribution in [0, 0.1) is 0 Å². The van der Waals surface area contributed by atoms with Gasteiger partial charge < -0.3 is 16.4 Å². The average molecular weight is 387 g/mol. The molecule has 0 unspecified atom stereocenters. The number of anilines is 2. The topological polar surface area (TPSA) is 122 Å². The summed E-state index contributed by atoms with van der Waals surface area (Å²) >= 11 is 0. The van der Waals surface area contributed by atoms with Crippen LogP contribution in [0.1, 0.15) is 16.8 Å². The van der Waals surface area contributed by atoms with Crippen molar-refractivity contribution in [2.24, 2.45) is 0 Å². The number of benzene rings is 1. The Hall–Kier alpha value is -3.94. The number of hydrogen-bond donors (Lipinski definition) is 4. The third-order valence-electron chi connectivity index (χ3n) is 4.54. The lowest BCUT2D eigenvalue weighted by atomic mass is 10.1. The van der Waals surface area contributed by atoms with E-state index in [2.05, 4.69) is 30.8 Å². The van der Waals surface area contributed by atoms with Crippen LogP contribution in [0.4, 0.5) is 11.5 Å². The molecule has 8 nitrogen and oxygen atoms in total. The van der Waals surface area contributed by atoms with Crippen LogP contribution >= 0.6 is 0 Å². The molecular formula is C21H21N7O. The average Bonchev–Trinajstić information content (AvgIpc) is 3.28. The van der Waals surface area contributed by atoms with Crippen molar-refractivity contribution >= 4 is 28.3 Å². The molecule has 1 aromatic carbocycles. The van der Waals surface area contributed by atoms with Crippen molar-refractivity contribution in [3.05, 3.63) is 66.6 Å². The zero-order valence-electron chi connectivity index (χ0n) is 15.7. The van der Waals surface area contributed by atoms with E-state index in [-0.39, 0.29) is 5.91 Å². The molecule has 0 aliphatic carbocycles. The minimum atomic E-state index is -0.0997. The highest BCUT2D eigenvalue weighted by atomic mass is 16.1. The maximum absolute atomic E-state index is 12.0. The lowest BCUT2D eigenvalue weighted by molar-refractivity contribution is 0.0953. The highest BCUT2D eigenvalue weighted by Crippen LogP contribution is 2.28. The van der Waals surface area contributed by atoms with Crippen molar-refractivity contribution in [1.29, 1.82) is 0 Å². The van der Waals surface area contributed by atoms with E-state index >= 15 is 0 Å². The van der Waals surface area contributed by atoms with Crippen LogP contribution in [0.5, 0.6) is 0 Å². The van der Waals surface area contributed by atoms with E-state index in [9.17, 15) is 4.79 Å². The third-order valence-corrected chi connectivity index (χ3v) is 4.54. The standard InChI is InChI=1S/C21H21N7O/c22-20-13-18(24-7-1-8-25-21(29)14-4-9-23-10-5-14)16-3-2-15(12-19(16)27-20)17-6-11-26-28-17/h2-6,9-13H,1,7-8H2,(H,25,29)(H,26,28)(H3,22,24,27). The Labute approximate surface area is 167 Å².